The molecule has 18 heavy (non-hydrogen) atoms. The standard InChI is InChI=1S/C12H13ClFN3O/c13-8-3-11(14)12(15-5-8)17-6-9-4-10(18)1-2-16(9)7-17/h3-5,10,18H,1-2,6-7H2. The number of anilines is 1. The summed E-state index contributed by atoms with van der Waals surface area (Å²) in [5.41, 5.74) is 1.03. The number of aliphatic hydroxyl groups excluding tert-OH is 1. The van der Waals surface area contributed by atoms with E-state index in [-0.39, 0.29) is 6.10 Å². The van der Waals surface area contributed by atoms with Crippen LogP contribution >= 0.6 is 11.6 Å². The first kappa shape index (κ1) is 11.7. The van der Waals surface area contributed by atoms with Gasteiger partial charge in [-0.1, -0.05) is 11.6 Å². The van der Waals surface area contributed by atoms with E-state index in [1.165, 1.54) is 12.3 Å². The van der Waals surface area contributed by atoms with Crippen molar-refractivity contribution in [1.29, 1.82) is 0 Å². The summed E-state index contributed by atoms with van der Waals surface area (Å²) in [5, 5.41) is 9.87. The first-order valence-corrected chi connectivity index (χ1v) is 6.21. The highest BCUT2D eigenvalue weighted by Gasteiger charge is 2.30. The lowest BCUT2D eigenvalue weighted by molar-refractivity contribution is 0.177. The maximum Gasteiger partial charge on any atom is 0.167 e. The average molecular weight is 270 g/mol. The molecule has 0 saturated carbocycles. The summed E-state index contributed by atoms with van der Waals surface area (Å²) in [5.74, 6) is -0.104. The van der Waals surface area contributed by atoms with Crippen molar-refractivity contribution < 1.29 is 9.50 Å². The van der Waals surface area contributed by atoms with Gasteiger partial charge in [0, 0.05) is 18.4 Å². The summed E-state index contributed by atoms with van der Waals surface area (Å²) in [7, 11) is 0. The van der Waals surface area contributed by atoms with Crippen LogP contribution in [0.2, 0.25) is 5.02 Å². The third-order valence-corrected chi connectivity index (χ3v) is 3.47. The van der Waals surface area contributed by atoms with Gasteiger partial charge in [-0.2, -0.15) is 0 Å². The van der Waals surface area contributed by atoms with Crippen LogP contribution in [0, 0.1) is 5.82 Å². The molecule has 1 N–H and O–H groups in total. The highest BCUT2D eigenvalue weighted by Crippen LogP contribution is 2.28. The molecule has 1 unspecified atom stereocenters. The van der Waals surface area contributed by atoms with E-state index in [0.29, 0.717) is 30.5 Å². The molecule has 0 amide bonds. The van der Waals surface area contributed by atoms with Crippen molar-refractivity contribution >= 4 is 17.4 Å². The number of hydrogen-bond acceptors (Lipinski definition) is 4. The molecule has 1 atom stereocenters. The summed E-state index contributed by atoms with van der Waals surface area (Å²) in [6.07, 6.45) is 3.60. The zero-order valence-corrected chi connectivity index (χ0v) is 10.4. The Morgan fingerprint density at radius 2 is 2.28 bits per heavy atom. The zero-order valence-electron chi connectivity index (χ0n) is 9.68. The summed E-state index contributed by atoms with van der Waals surface area (Å²) >= 11 is 5.69. The highest BCUT2D eigenvalue weighted by atomic mass is 35.5. The van der Waals surface area contributed by atoms with E-state index in [4.69, 9.17) is 11.6 Å². The fourth-order valence-electron chi connectivity index (χ4n) is 2.39. The van der Waals surface area contributed by atoms with Crippen LogP contribution in [0.4, 0.5) is 10.2 Å². The smallest absolute Gasteiger partial charge is 0.167 e. The lowest BCUT2D eigenvalue weighted by Gasteiger charge is -2.25. The van der Waals surface area contributed by atoms with E-state index in [1.54, 1.807) is 0 Å². The first-order valence-electron chi connectivity index (χ1n) is 5.83. The van der Waals surface area contributed by atoms with Crippen LogP contribution in [0.15, 0.2) is 24.0 Å². The van der Waals surface area contributed by atoms with Crippen LogP contribution in [0.3, 0.4) is 0 Å². The minimum absolute atomic E-state index is 0.294. The van der Waals surface area contributed by atoms with E-state index < -0.39 is 5.82 Å². The van der Waals surface area contributed by atoms with Gasteiger partial charge in [-0.05, 0) is 18.6 Å². The van der Waals surface area contributed by atoms with Gasteiger partial charge in [-0.3, -0.25) is 0 Å². The number of nitrogens with zero attached hydrogens (tertiary/aromatic N) is 3. The SMILES string of the molecule is OC1C=C2CN(c3ncc(Cl)cc3F)CN2CC1. The Morgan fingerprint density at radius 1 is 1.44 bits per heavy atom. The van der Waals surface area contributed by atoms with Crippen molar-refractivity contribution in [3.05, 3.63) is 34.9 Å². The molecule has 96 valence electrons. The number of pyridine rings is 1. The van der Waals surface area contributed by atoms with Crippen molar-refractivity contribution in [2.24, 2.45) is 0 Å². The Bertz CT molecular complexity index is 508. The summed E-state index contributed by atoms with van der Waals surface area (Å²) in [6, 6.07) is 1.27. The molecular formula is C12H13ClFN3O. The number of rotatable bonds is 1. The predicted molar refractivity (Wildman–Crippen MR) is 66.8 cm³/mol. The second-order valence-electron chi connectivity index (χ2n) is 4.58. The van der Waals surface area contributed by atoms with Gasteiger partial charge in [0.1, 0.15) is 0 Å². The van der Waals surface area contributed by atoms with Crippen LogP contribution in [0.1, 0.15) is 6.42 Å². The first-order chi connectivity index (χ1) is 8.63. The van der Waals surface area contributed by atoms with Crippen molar-refractivity contribution in [2.45, 2.75) is 12.5 Å². The second kappa shape index (κ2) is 4.40. The quantitative estimate of drug-likeness (QED) is 0.841. The summed E-state index contributed by atoms with van der Waals surface area (Å²) < 4.78 is 13.8. The van der Waals surface area contributed by atoms with Crippen LogP contribution < -0.4 is 4.90 Å². The van der Waals surface area contributed by atoms with Gasteiger partial charge in [-0.15, -0.1) is 0 Å². The molecule has 0 bridgehead atoms. The van der Waals surface area contributed by atoms with Gasteiger partial charge in [0.25, 0.3) is 0 Å². The summed E-state index contributed by atoms with van der Waals surface area (Å²) in [6.45, 7) is 1.96. The molecule has 0 aliphatic carbocycles. The largest absolute Gasteiger partial charge is 0.389 e. The van der Waals surface area contributed by atoms with Crippen molar-refractivity contribution in [2.75, 3.05) is 24.7 Å². The Hall–Kier alpha value is -1.33. The predicted octanol–water partition coefficient (Wildman–Crippen LogP) is 1.60. The molecule has 2 aliphatic heterocycles. The normalized spacial score (nSPS) is 23.1. The zero-order chi connectivity index (χ0) is 12.7. The minimum atomic E-state index is -0.413. The Balaban J connectivity index is 1.85. The number of fused-ring (bicyclic) bond motifs is 1. The molecule has 0 spiro atoms. The van der Waals surface area contributed by atoms with E-state index in [9.17, 15) is 9.50 Å². The van der Waals surface area contributed by atoms with Gasteiger partial charge in [0.15, 0.2) is 11.6 Å². The maximum atomic E-state index is 13.8. The molecule has 0 radical (unpaired) electrons. The molecule has 0 aromatic carbocycles. The molecule has 3 rings (SSSR count). The van der Waals surface area contributed by atoms with Crippen molar-refractivity contribution in [3.63, 3.8) is 0 Å². The van der Waals surface area contributed by atoms with Gasteiger partial charge in [-0.25, -0.2) is 9.37 Å². The van der Waals surface area contributed by atoms with Gasteiger partial charge >= 0.3 is 0 Å². The molecule has 1 aromatic heterocycles. The van der Waals surface area contributed by atoms with E-state index in [0.717, 1.165) is 12.2 Å². The van der Waals surface area contributed by atoms with E-state index >= 15 is 0 Å². The Morgan fingerprint density at radius 3 is 3.06 bits per heavy atom. The fraction of sp³-hybridized carbons (Fsp3) is 0.417. The van der Waals surface area contributed by atoms with Crippen LogP contribution in [-0.2, 0) is 0 Å². The number of aliphatic hydroxyl groups is 1. The van der Waals surface area contributed by atoms with E-state index in [1.807, 2.05) is 11.0 Å². The third kappa shape index (κ3) is 2.04. The monoisotopic (exact) mass is 269 g/mol. The molecule has 1 aromatic rings. The van der Waals surface area contributed by atoms with Gasteiger partial charge < -0.3 is 14.9 Å². The van der Waals surface area contributed by atoms with Crippen LogP contribution in [-0.4, -0.2) is 40.9 Å². The lowest BCUT2D eigenvalue weighted by Crippen LogP contribution is -2.30. The Kier molecular flexibility index (Phi) is 2.87. The fourth-order valence-corrected chi connectivity index (χ4v) is 2.53. The van der Waals surface area contributed by atoms with Gasteiger partial charge in [0.05, 0.1) is 24.3 Å². The van der Waals surface area contributed by atoms with E-state index in [2.05, 4.69) is 9.88 Å². The molecular weight excluding hydrogens is 257 g/mol. The maximum absolute atomic E-state index is 13.8. The molecule has 1 saturated heterocycles. The highest BCUT2D eigenvalue weighted by molar-refractivity contribution is 6.30. The van der Waals surface area contributed by atoms with Crippen molar-refractivity contribution in [3.8, 4) is 0 Å². The topological polar surface area (TPSA) is 39.6 Å². The Labute approximate surface area is 109 Å². The van der Waals surface area contributed by atoms with Crippen LogP contribution in [0.25, 0.3) is 0 Å². The number of aromatic nitrogens is 1. The molecule has 2 aliphatic rings. The molecule has 3 heterocycles. The lowest BCUT2D eigenvalue weighted by atomic mass is 10.1. The van der Waals surface area contributed by atoms with Crippen LogP contribution in [0.5, 0.6) is 0 Å². The summed E-state index contributed by atoms with van der Waals surface area (Å²) in [4.78, 5) is 8.01. The molecule has 1 fully saturated rings. The average Bonchev–Trinajstić information content (AvgIpc) is 2.71. The number of halogens is 2. The third-order valence-electron chi connectivity index (χ3n) is 3.27. The number of hydrogen-bond donors (Lipinski definition) is 1. The van der Waals surface area contributed by atoms with Gasteiger partial charge in [0.2, 0.25) is 0 Å². The molecule has 4 nitrogen and oxygen atoms in total. The molecule has 6 heteroatoms. The minimum Gasteiger partial charge on any atom is -0.389 e. The second-order valence-corrected chi connectivity index (χ2v) is 5.01. The van der Waals surface area contributed by atoms with Crippen molar-refractivity contribution in [1.82, 2.24) is 9.88 Å².